The van der Waals surface area contributed by atoms with E-state index < -0.39 is 0 Å². The van der Waals surface area contributed by atoms with Gasteiger partial charge in [-0.2, -0.15) is 0 Å². The zero-order valence-corrected chi connectivity index (χ0v) is 16.5. The van der Waals surface area contributed by atoms with Crippen molar-refractivity contribution in [3.05, 3.63) is 81.4 Å². The van der Waals surface area contributed by atoms with Crippen molar-refractivity contribution < 1.29 is 14.5 Å². The highest BCUT2D eigenvalue weighted by molar-refractivity contribution is 5.95. The Morgan fingerprint density at radius 2 is 1.90 bits per heavy atom. The van der Waals surface area contributed by atoms with E-state index in [-0.39, 0.29) is 28.5 Å². The molecular weight excluding hydrogens is 382 g/mol. The van der Waals surface area contributed by atoms with Crippen LogP contribution in [-0.4, -0.2) is 42.0 Å². The molecule has 1 fully saturated rings. The van der Waals surface area contributed by atoms with E-state index >= 15 is 0 Å². The van der Waals surface area contributed by atoms with Crippen LogP contribution in [0.3, 0.4) is 0 Å². The average molecular weight is 405 g/mol. The van der Waals surface area contributed by atoms with E-state index in [1.54, 1.807) is 12.1 Å². The van der Waals surface area contributed by atoms with Crippen LogP contribution >= 0.6 is 0 Å². The number of non-ortho nitro benzene ring substituents is 1. The first-order chi connectivity index (χ1) is 14.6. The summed E-state index contributed by atoms with van der Waals surface area (Å²) in [5.74, 6) is 0.587. The number of ether oxygens (including phenoxy) is 1. The van der Waals surface area contributed by atoms with Gasteiger partial charge in [-0.05, 0) is 41.7 Å². The number of nitrogens with one attached hydrogen (secondary N) is 1. The van der Waals surface area contributed by atoms with Gasteiger partial charge in [0.2, 0.25) is 0 Å². The van der Waals surface area contributed by atoms with Gasteiger partial charge in [0.25, 0.3) is 11.6 Å². The number of amides is 1. The Kier molecular flexibility index (Phi) is 4.75. The molecule has 154 valence electrons. The lowest BCUT2D eigenvalue weighted by Gasteiger charge is -2.38. The summed E-state index contributed by atoms with van der Waals surface area (Å²) in [5.41, 5.74) is 4.02. The molecule has 3 atom stereocenters. The first kappa shape index (κ1) is 18.8. The van der Waals surface area contributed by atoms with Gasteiger partial charge in [0, 0.05) is 42.4 Å². The summed E-state index contributed by atoms with van der Waals surface area (Å²) in [6.45, 7) is 2.43. The molecular formula is C23H23N3O4. The third kappa shape index (κ3) is 3.25. The molecule has 7 heteroatoms. The van der Waals surface area contributed by atoms with E-state index in [0.717, 1.165) is 23.2 Å². The predicted octanol–water partition coefficient (Wildman–Crippen LogP) is 3.89. The Morgan fingerprint density at radius 1 is 1.13 bits per heavy atom. The van der Waals surface area contributed by atoms with Crippen LogP contribution in [0, 0.1) is 16.0 Å². The molecule has 1 saturated heterocycles. The van der Waals surface area contributed by atoms with Crippen LogP contribution in [0.25, 0.3) is 0 Å². The van der Waals surface area contributed by atoms with Crippen molar-refractivity contribution >= 4 is 17.3 Å². The standard InChI is InChI=1S/C23H23N3O4/c27-23(25-10-12-30-13-11-25)16-6-9-21-20(14-16)18-2-1-3-19(18)22(24-21)15-4-7-17(8-5-15)26(28)29/h1-2,4-9,14,18-19,22,24H,3,10-13H2/t18-,19-,22+/m1/s1. The Bertz CT molecular complexity index is 1010. The number of allylic oxidation sites excluding steroid dienone is 2. The monoisotopic (exact) mass is 405 g/mol. The van der Waals surface area contributed by atoms with Gasteiger partial charge in [0.1, 0.15) is 0 Å². The molecule has 0 aromatic heterocycles. The Morgan fingerprint density at radius 3 is 2.63 bits per heavy atom. The second-order valence-electron chi connectivity index (χ2n) is 8.03. The molecule has 5 rings (SSSR count). The maximum absolute atomic E-state index is 12.9. The normalized spacial score (nSPS) is 24.7. The molecule has 2 aliphatic heterocycles. The summed E-state index contributed by atoms with van der Waals surface area (Å²) in [4.78, 5) is 25.4. The van der Waals surface area contributed by atoms with Gasteiger partial charge >= 0.3 is 0 Å². The van der Waals surface area contributed by atoms with Gasteiger partial charge in [0.15, 0.2) is 0 Å². The van der Waals surface area contributed by atoms with Crippen LogP contribution in [0.5, 0.6) is 0 Å². The quantitative estimate of drug-likeness (QED) is 0.476. The molecule has 0 saturated carbocycles. The first-order valence-corrected chi connectivity index (χ1v) is 10.3. The lowest BCUT2D eigenvalue weighted by molar-refractivity contribution is -0.384. The van der Waals surface area contributed by atoms with E-state index in [2.05, 4.69) is 17.5 Å². The lowest BCUT2D eigenvalue weighted by Crippen LogP contribution is -2.40. The SMILES string of the molecule is O=C(c1ccc2c(c1)[C@@H]1C=CC[C@H]1[C@H](c1ccc([N+](=O)[O-])cc1)N2)N1CCOCC1. The molecule has 1 amide bonds. The van der Waals surface area contributed by atoms with Gasteiger partial charge in [-0.3, -0.25) is 14.9 Å². The fourth-order valence-corrected chi connectivity index (χ4v) is 4.81. The molecule has 1 N–H and O–H groups in total. The number of fused-ring (bicyclic) bond motifs is 3. The molecule has 2 aromatic rings. The highest BCUT2D eigenvalue weighted by Crippen LogP contribution is 2.50. The minimum Gasteiger partial charge on any atom is -0.378 e. The number of nitro benzene ring substituents is 1. The number of morpholine rings is 1. The van der Waals surface area contributed by atoms with Crippen LogP contribution in [0.15, 0.2) is 54.6 Å². The van der Waals surface area contributed by atoms with Crippen LogP contribution in [0.4, 0.5) is 11.4 Å². The third-order valence-corrected chi connectivity index (χ3v) is 6.37. The maximum atomic E-state index is 12.9. The van der Waals surface area contributed by atoms with Gasteiger partial charge in [0.05, 0.1) is 24.2 Å². The second-order valence-corrected chi connectivity index (χ2v) is 8.03. The summed E-state index contributed by atoms with van der Waals surface area (Å²) < 4.78 is 5.36. The molecule has 30 heavy (non-hydrogen) atoms. The van der Waals surface area contributed by atoms with Crippen LogP contribution in [0.2, 0.25) is 0 Å². The highest BCUT2D eigenvalue weighted by Gasteiger charge is 2.38. The summed E-state index contributed by atoms with van der Waals surface area (Å²) in [7, 11) is 0. The molecule has 0 unspecified atom stereocenters. The molecule has 2 heterocycles. The van der Waals surface area contributed by atoms with Gasteiger partial charge < -0.3 is 15.0 Å². The molecule has 0 bridgehead atoms. The lowest BCUT2D eigenvalue weighted by atomic mass is 9.76. The summed E-state index contributed by atoms with van der Waals surface area (Å²) >= 11 is 0. The van der Waals surface area contributed by atoms with Gasteiger partial charge in [-0.15, -0.1) is 0 Å². The molecule has 0 spiro atoms. The fraction of sp³-hybridized carbons (Fsp3) is 0.348. The number of hydrogen-bond donors (Lipinski definition) is 1. The smallest absolute Gasteiger partial charge is 0.269 e. The number of rotatable bonds is 3. The number of carbonyl (C=O) groups excluding carboxylic acids is 1. The highest BCUT2D eigenvalue weighted by atomic mass is 16.6. The number of nitrogens with zero attached hydrogens (tertiary/aromatic N) is 2. The predicted molar refractivity (Wildman–Crippen MR) is 113 cm³/mol. The number of hydrogen-bond acceptors (Lipinski definition) is 5. The number of benzene rings is 2. The van der Waals surface area contributed by atoms with E-state index in [1.165, 1.54) is 0 Å². The van der Waals surface area contributed by atoms with Crippen molar-refractivity contribution in [1.29, 1.82) is 0 Å². The molecule has 2 aromatic carbocycles. The Balaban J connectivity index is 1.44. The molecule has 1 aliphatic carbocycles. The van der Waals surface area contributed by atoms with Gasteiger partial charge in [-0.25, -0.2) is 0 Å². The second kappa shape index (κ2) is 7.57. The summed E-state index contributed by atoms with van der Waals surface area (Å²) in [6.07, 6.45) is 5.35. The Labute approximate surface area is 174 Å². The van der Waals surface area contributed by atoms with Gasteiger partial charge in [-0.1, -0.05) is 24.3 Å². The largest absolute Gasteiger partial charge is 0.378 e. The topological polar surface area (TPSA) is 84.7 Å². The van der Waals surface area contributed by atoms with Crippen molar-refractivity contribution in [2.24, 2.45) is 5.92 Å². The van der Waals surface area contributed by atoms with Crippen LogP contribution in [0.1, 0.15) is 39.9 Å². The van der Waals surface area contributed by atoms with Crippen molar-refractivity contribution in [3.63, 3.8) is 0 Å². The number of anilines is 1. The summed E-state index contributed by atoms with van der Waals surface area (Å²) in [5, 5.41) is 14.6. The van der Waals surface area contributed by atoms with E-state index in [0.29, 0.717) is 37.8 Å². The van der Waals surface area contributed by atoms with E-state index in [4.69, 9.17) is 4.74 Å². The molecule has 7 nitrogen and oxygen atoms in total. The van der Waals surface area contributed by atoms with E-state index in [1.807, 2.05) is 35.2 Å². The van der Waals surface area contributed by atoms with Crippen molar-refractivity contribution in [2.45, 2.75) is 18.4 Å². The summed E-state index contributed by atoms with van der Waals surface area (Å²) in [6, 6.07) is 12.8. The van der Waals surface area contributed by atoms with Crippen molar-refractivity contribution in [2.75, 3.05) is 31.6 Å². The first-order valence-electron chi connectivity index (χ1n) is 10.3. The average Bonchev–Trinajstić information content (AvgIpc) is 3.29. The van der Waals surface area contributed by atoms with Crippen molar-refractivity contribution in [3.8, 4) is 0 Å². The maximum Gasteiger partial charge on any atom is 0.269 e. The minimum absolute atomic E-state index is 0.0529. The zero-order valence-electron chi connectivity index (χ0n) is 16.5. The Hall–Kier alpha value is -3.19. The van der Waals surface area contributed by atoms with Crippen LogP contribution in [-0.2, 0) is 4.74 Å². The number of carbonyl (C=O) groups is 1. The minimum atomic E-state index is -0.375. The number of nitro groups is 1. The fourth-order valence-electron chi connectivity index (χ4n) is 4.81. The molecule has 3 aliphatic rings. The molecule has 0 radical (unpaired) electrons. The van der Waals surface area contributed by atoms with E-state index in [9.17, 15) is 14.9 Å². The zero-order chi connectivity index (χ0) is 20.7. The third-order valence-electron chi connectivity index (χ3n) is 6.37. The van der Waals surface area contributed by atoms with Crippen molar-refractivity contribution in [1.82, 2.24) is 4.90 Å². The van der Waals surface area contributed by atoms with Crippen LogP contribution < -0.4 is 5.32 Å².